The van der Waals surface area contributed by atoms with Crippen molar-refractivity contribution < 1.29 is 4.52 Å². The van der Waals surface area contributed by atoms with Crippen molar-refractivity contribution in [3.05, 3.63) is 23.3 Å². The molecular formula is C10H15N5OS. The third-order valence-electron chi connectivity index (χ3n) is 2.42. The summed E-state index contributed by atoms with van der Waals surface area (Å²) in [6, 6.07) is 1.97. The van der Waals surface area contributed by atoms with Crippen molar-refractivity contribution in [1.82, 2.24) is 19.9 Å². The van der Waals surface area contributed by atoms with Crippen LogP contribution in [-0.2, 0) is 25.8 Å². The molecule has 2 aromatic heterocycles. The van der Waals surface area contributed by atoms with E-state index >= 15 is 0 Å². The standard InChI is InChI=1S/C10H15N5OS/c1-3-7-4-8(16-14-7)6-17-10-13-12-9(5-11)15(10)2/h4H,3,5-6,11H2,1-2H3. The van der Waals surface area contributed by atoms with E-state index in [1.807, 2.05) is 24.6 Å². The van der Waals surface area contributed by atoms with Crippen LogP contribution in [0.5, 0.6) is 0 Å². The van der Waals surface area contributed by atoms with Gasteiger partial charge in [0.05, 0.1) is 18.0 Å². The van der Waals surface area contributed by atoms with Gasteiger partial charge in [-0.25, -0.2) is 0 Å². The fraction of sp³-hybridized carbons (Fsp3) is 0.500. The Hall–Kier alpha value is -1.34. The van der Waals surface area contributed by atoms with Crippen LogP contribution in [0.4, 0.5) is 0 Å². The van der Waals surface area contributed by atoms with Crippen LogP contribution in [0.15, 0.2) is 15.7 Å². The minimum absolute atomic E-state index is 0.395. The van der Waals surface area contributed by atoms with Gasteiger partial charge in [0.1, 0.15) is 11.6 Å². The zero-order valence-corrected chi connectivity index (χ0v) is 10.7. The van der Waals surface area contributed by atoms with Gasteiger partial charge in [0.2, 0.25) is 0 Å². The van der Waals surface area contributed by atoms with Crippen molar-refractivity contribution in [2.75, 3.05) is 0 Å². The van der Waals surface area contributed by atoms with Crippen molar-refractivity contribution in [3.8, 4) is 0 Å². The van der Waals surface area contributed by atoms with Gasteiger partial charge in [-0.3, -0.25) is 0 Å². The third kappa shape index (κ3) is 2.67. The SMILES string of the molecule is CCc1cc(CSc2nnc(CN)n2C)on1. The maximum atomic E-state index is 5.53. The van der Waals surface area contributed by atoms with Crippen LogP contribution in [0.3, 0.4) is 0 Å². The lowest BCUT2D eigenvalue weighted by Crippen LogP contribution is -2.05. The summed E-state index contributed by atoms with van der Waals surface area (Å²) in [6.45, 7) is 2.44. The molecule has 0 radical (unpaired) electrons. The zero-order valence-electron chi connectivity index (χ0n) is 9.88. The molecule has 0 saturated carbocycles. The van der Waals surface area contributed by atoms with E-state index < -0.39 is 0 Å². The van der Waals surface area contributed by atoms with Gasteiger partial charge in [-0.15, -0.1) is 10.2 Å². The fourth-order valence-electron chi connectivity index (χ4n) is 1.37. The van der Waals surface area contributed by atoms with E-state index in [2.05, 4.69) is 15.4 Å². The molecule has 0 amide bonds. The van der Waals surface area contributed by atoms with Crippen molar-refractivity contribution in [3.63, 3.8) is 0 Å². The summed E-state index contributed by atoms with van der Waals surface area (Å²) in [6.07, 6.45) is 0.884. The minimum atomic E-state index is 0.395. The Kier molecular flexibility index (Phi) is 3.80. The molecule has 0 atom stereocenters. The smallest absolute Gasteiger partial charge is 0.191 e. The summed E-state index contributed by atoms with van der Waals surface area (Å²) < 4.78 is 7.09. The summed E-state index contributed by atoms with van der Waals surface area (Å²) in [5.74, 6) is 2.33. The van der Waals surface area contributed by atoms with Gasteiger partial charge in [-0.1, -0.05) is 23.8 Å². The summed E-state index contributed by atoms with van der Waals surface area (Å²) in [5.41, 5.74) is 6.50. The lowest BCUT2D eigenvalue weighted by atomic mass is 10.3. The Bertz CT molecular complexity index is 493. The molecule has 0 aliphatic heterocycles. The molecule has 2 N–H and O–H groups in total. The monoisotopic (exact) mass is 253 g/mol. The van der Waals surface area contributed by atoms with Gasteiger partial charge in [-0.05, 0) is 6.42 Å². The number of hydrogen-bond acceptors (Lipinski definition) is 6. The minimum Gasteiger partial charge on any atom is -0.360 e. The molecule has 2 rings (SSSR count). The van der Waals surface area contributed by atoms with Gasteiger partial charge in [-0.2, -0.15) is 0 Å². The molecular weight excluding hydrogens is 238 g/mol. The summed E-state index contributed by atoms with van der Waals surface area (Å²) >= 11 is 1.56. The Labute approximate surface area is 104 Å². The van der Waals surface area contributed by atoms with Crippen molar-refractivity contribution in [1.29, 1.82) is 0 Å². The van der Waals surface area contributed by atoms with Crippen molar-refractivity contribution >= 4 is 11.8 Å². The van der Waals surface area contributed by atoms with Crippen LogP contribution in [-0.4, -0.2) is 19.9 Å². The molecule has 2 heterocycles. The molecule has 0 unspecified atom stereocenters. The van der Waals surface area contributed by atoms with E-state index in [1.54, 1.807) is 11.8 Å². The number of aromatic nitrogens is 4. The lowest BCUT2D eigenvalue weighted by molar-refractivity contribution is 0.389. The Morgan fingerprint density at radius 1 is 1.47 bits per heavy atom. The second-order valence-corrected chi connectivity index (χ2v) is 4.53. The van der Waals surface area contributed by atoms with Gasteiger partial charge in [0.15, 0.2) is 5.16 Å². The van der Waals surface area contributed by atoms with E-state index in [0.717, 1.165) is 28.9 Å². The van der Waals surface area contributed by atoms with E-state index in [9.17, 15) is 0 Å². The maximum Gasteiger partial charge on any atom is 0.191 e. The highest BCUT2D eigenvalue weighted by Gasteiger charge is 2.09. The molecule has 2 aromatic rings. The molecule has 17 heavy (non-hydrogen) atoms. The van der Waals surface area contributed by atoms with Crippen LogP contribution in [0.25, 0.3) is 0 Å². The van der Waals surface area contributed by atoms with Gasteiger partial charge in [0.25, 0.3) is 0 Å². The van der Waals surface area contributed by atoms with E-state index in [1.165, 1.54) is 0 Å². The molecule has 0 bridgehead atoms. The second-order valence-electron chi connectivity index (χ2n) is 3.59. The molecule has 6 nitrogen and oxygen atoms in total. The lowest BCUT2D eigenvalue weighted by Gasteiger charge is -1.99. The van der Waals surface area contributed by atoms with Crippen LogP contribution in [0.2, 0.25) is 0 Å². The Balaban J connectivity index is 1.99. The molecule has 0 saturated heterocycles. The van der Waals surface area contributed by atoms with Gasteiger partial charge in [0, 0.05) is 13.1 Å². The third-order valence-corrected chi connectivity index (χ3v) is 3.46. The van der Waals surface area contributed by atoms with Crippen LogP contribution >= 0.6 is 11.8 Å². The van der Waals surface area contributed by atoms with Crippen LogP contribution in [0.1, 0.15) is 24.2 Å². The quantitative estimate of drug-likeness (QED) is 0.804. The molecule has 92 valence electrons. The molecule has 7 heteroatoms. The zero-order chi connectivity index (χ0) is 12.3. The number of aryl methyl sites for hydroxylation is 1. The summed E-state index contributed by atoms with van der Waals surface area (Å²) in [7, 11) is 1.91. The maximum absolute atomic E-state index is 5.53. The first kappa shape index (κ1) is 12.1. The van der Waals surface area contributed by atoms with E-state index in [4.69, 9.17) is 10.3 Å². The highest BCUT2D eigenvalue weighted by Crippen LogP contribution is 2.21. The predicted octanol–water partition coefficient (Wildman–Crippen LogP) is 1.12. The topological polar surface area (TPSA) is 82.8 Å². The Morgan fingerprint density at radius 3 is 2.88 bits per heavy atom. The van der Waals surface area contributed by atoms with Crippen LogP contribution in [0, 0.1) is 0 Å². The average Bonchev–Trinajstić information content (AvgIpc) is 2.93. The largest absolute Gasteiger partial charge is 0.360 e. The summed E-state index contributed by atoms with van der Waals surface area (Å²) in [5, 5.41) is 12.8. The fourth-order valence-corrected chi connectivity index (χ4v) is 2.18. The Morgan fingerprint density at radius 2 is 2.29 bits per heavy atom. The molecule has 0 fully saturated rings. The van der Waals surface area contributed by atoms with Gasteiger partial charge >= 0.3 is 0 Å². The molecule has 0 aromatic carbocycles. The number of rotatable bonds is 5. The first-order valence-corrected chi connectivity index (χ1v) is 6.38. The van der Waals surface area contributed by atoms with Crippen molar-refractivity contribution in [2.45, 2.75) is 30.8 Å². The van der Waals surface area contributed by atoms with Gasteiger partial charge < -0.3 is 14.8 Å². The normalized spacial score (nSPS) is 11.0. The second kappa shape index (κ2) is 5.33. The molecule has 0 aliphatic carbocycles. The molecule has 0 spiro atoms. The average molecular weight is 253 g/mol. The first-order chi connectivity index (χ1) is 8.24. The number of nitrogens with two attached hydrogens (primary N) is 1. The first-order valence-electron chi connectivity index (χ1n) is 5.40. The number of hydrogen-bond donors (Lipinski definition) is 1. The highest BCUT2D eigenvalue weighted by atomic mass is 32.2. The van der Waals surface area contributed by atoms with Crippen LogP contribution < -0.4 is 5.73 Å². The van der Waals surface area contributed by atoms with E-state index in [-0.39, 0.29) is 0 Å². The molecule has 0 aliphatic rings. The number of thioether (sulfide) groups is 1. The van der Waals surface area contributed by atoms with Crippen molar-refractivity contribution in [2.24, 2.45) is 12.8 Å². The predicted molar refractivity (Wildman–Crippen MR) is 64.3 cm³/mol. The number of nitrogens with zero attached hydrogens (tertiary/aromatic N) is 4. The van der Waals surface area contributed by atoms with E-state index in [0.29, 0.717) is 12.3 Å². The summed E-state index contributed by atoms with van der Waals surface area (Å²) in [4.78, 5) is 0. The highest BCUT2D eigenvalue weighted by molar-refractivity contribution is 7.98.